The van der Waals surface area contributed by atoms with Crippen molar-refractivity contribution in [3.8, 4) is 11.4 Å². The summed E-state index contributed by atoms with van der Waals surface area (Å²) < 4.78 is 68.6. The summed E-state index contributed by atoms with van der Waals surface area (Å²) in [5.74, 6) is 0.755. The van der Waals surface area contributed by atoms with Crippen LogP contribution < -0.4 is 10.2 Å². The second-order valence-corrected chi connectivity index (χ2v) is 12.3. The molecule has 0 unspecified atom stereocenters. The number of aromatic nitrogens is 2. The minimum atomic E-state index is -4.50. The van der Waals surface area contributed by atoms with Crippen molar-refractivity contribution in [2.75, 3.05) is 36.4 Å². The molecule has 8 nitrogen and oxygen atoms in total. The molecule has 1 aliphatic rings. The van der Waals surface area contributed by atoms with Gasteiger partial charge in [0.2, 0.25) is 10.0 Å². The van der Waals surface area contributed by atoms with E-state index in [2.05, 4.69) is 10.3 Å². The summed E-state index contributed by atoms with van der Waals surface area (Å²) in [7, 11) is -3.77. The van der Waals surface area contributed by atoms with Crippen LogP contribution in [0.2, 0.25) is 0 Å². The Labute approximate surface area is 248 Å². The average Bonchev–Trinajstić information content (AvgIpc) is 2.98. The Hall–Kier alpha value is -4.00. The van der Waals surface area contributed by atoms with Crippen molar-refractivity contribution in [1.82, 2.24) is 14.3 Å². The second-order valence-electron chi connectivity index (χ2n) is 10.4. The van der Waals surface area contributed by atoms with Gasteiger partial charge in [0.05, 0.1) is 10.5 Å². The van der Waals surface area contributed by atoms with Crippen molar-refractivity contribution < 1.29 is 26.7 Å². The lowest BCUT2D eigenvalue weighted by molar-refractivity contribution is -0.137. The molecule has 0 amide bonds. The zero-order chi connectivity index (χ0) is 30.8. The van der Waals surface area contributed by atoms with Gasteiger partial charge in [0.1, 0.15) is 12.0 Å². The topological polar surface area (TPSA) is 98.7 Å². The predicted octanol–water partition coefficient (Wildman–Crippen LogP) is 5.32. The highest BCUT2D eigenvalue weighted by atomic mass is 32.2. The Morgan fingerprint density at radius 1 is 0.930 bits per heavy atom. The number of nitrogens with one attached hydrogen (secondary N) is 1. The highest BCUT2D eigenvalue weighted by molar-refractivity contribution is 7.89. The Kier molecular flexibility index (Phi) is 8.72. The number of nitrogens with zero attached hydrogens (tertiary/aromatic N) is 4. The van der Waals surface area contributed by atoms with Crippen LogP contribution in [0.5, 0.6) is 0 Å². The molecular weight excluding hydrogens is 579 g/mol. The van der Waals surface area contributed by atoms with E-state index in [0.29, 0.717) is 36.7 Å². The largest absolute Gasteiger partial charge is 0.416 e. The van der Waals surface area contributed by atoms with Crippen LogP contribution in [0.4, 0.5) is 24.7 Å². The van der Waals surface area contributed by atoms with E-state index in [1.807, 2.05) is 42.2 Å². The van der Waals surface area contributed by atoms with Crippen molar-refractivity contribution in [2.45, 2.75) is 37.6 Å². The number of benzene rings is 3. The summed E-state index contributed by atoms with van der Waals surface area (Å²) >= 11 is 0. The first-order valence-electron chi connectivity index (χ1n) is 13.8. The lowest BCUT2D eigenvalue weighted by Gasteiger charge is -2.36. The summed E-state index contributed by atoms with van der Waals surface area (Å²) in [6.45, 7) is 4.45. The van der Waals surface area contributed by atoms with Gasteiger partial charge in [-0.05, 0) is 55.8 Å². The van der Waals surface area contributed by atoms with E-state index in [1.165, 1.54) is 22.5 Å². The Morgan fingerprint density at radius 3 is 2.23 bits per heavy atom. The third-order valence-electron chi connectivity index (χ3n) is 7.27. The van der Waals surface area contributed by atoms with Crippen LogP contribution >= 0.6 is 0 Å². The average molecular weight is 612 g/mol. The SMILES string of the molecule is Cc1nc(-c2cccc(C(F)(F)F)c2)nc(N2CCN(S(=O)(=O)c3ccc(N[C@H](C)O)cc3)CC2)c1Cc1ccccc1. The lowest BCUT2D eigenvalue weighted by Crippen LogP contribution is -2.49. The molecule has 1 aliphatic heterocycles. The molecule has 2 heterocycles. The minimum absolute atomic E-state index is 0.145. The fourth-order valence-corrected chi connectivity index (χ4v) is 6.49. The van der Waals surface area contributed by atoms with Crippen LogP contribution in [-0.4, -0.2) is 60.2 Å². The van der Waals surface area contributed by atoms with Gasteiger partial charge in [0.15, 0.2) is 5.82 Å². The first-order chi connectivity index (χ1) is 20.4. The van der Waals surface area contributed by atoms with Gasteiger partial charge in [0.25, 0.3) is 0 Å². The molecule has 1 atom stereocenters. The van der Waals surface area contributed by atoms with Gasteiger partial charge < -0.3 is 15.3 Å². The maximum absolute atomic E-state index is 13.4. The number of halogens is 3. The van der Waals surface area contributed by atoms with Crippen molar-refractivity contribution in [2.24, 2.45) is 0 Å². The molecule has 0 bridgehead atoms. The molecule has 12 heteroatoms. The number of anilines is 2. The first-order valence-corrected chi connectivity index (χ1v) is 15.2. The maximum atomic E-state index is 13.4. The van der Waals surface area contributed by atoms with E-state index in [1.54, 1.807) is 25.1 Å². The van der Waals surface area contributed by atoms with Gasteiger partial charge >= 0.3 is 6.18 Å². The number of aryl methyl sites for hydroxylation is 1. The zero-order valence-electron chi connectivity index (χ0n) is 23.7. The lowest BCUT2D eigenvalue weighted by atomic mass is 10.0. The van der Waals surface area contributed by atoms with Crippen LogP contribution in [0.15, 0.2) is 83.8 Å². The first kappa shape index (κ1) is 30.5. The summed E-state index contributed by atoms with van der Waals surface area (Å²) in [6, 6.07) is 20.9. The molecule has 0 saturated carbocycles. The molecule has 1 aromatic heterocycles. The summed E-state index contributed by atoms with van der Waals surface area (Å²) in [4.78, 5) is 11.5. The van der Waals surface area contributed by atoms with Crippen LogP contribution in [0, 0.1) is 6.92 Å². The predicted molar refractivity (Wildman–Crippen MR) is 159 cm³/mol. The molecule has 0 aliphatic carbocycles. The van der Waals surface area contributed by atoms with Crippen molar-refractivity contribution >= 4 is 21.5 Å². The summed E-state index contributed by atoms with van der Waals surface area (Å²) in [5.41, 5.74) is 2.56. The normalized spacial score (nSPS) is 15.3. The molecule has 0 radical (unpaired) electrons. The molecule has 226 valence electrons. The van der Waals surface area contributed by atoms with E-state index in [9.17, 15) is 26.7 Å². The molecule has 1 fully saturated rings. The standard InChI is InChI=1S/C31H32F3N5O3S/c1-21-28(19-23-7-4-3-5-8-23)30(37-29(35-21)24-9-6-10-25(20-24)31(32,33)34)38-15-17-39(18-16-38)43(41,42)27-13-11-26(12-14-27)36-22(2)40/h3-14,20,22,36,40H,15-19H2,1-2H3/t22-/m0/s1. The smallest absolute Gasteiger partial charge is 0.374 e. The van der Waals surface area contributed by atoms with E-state index < -0.39 is 28.0 Å². The van der Waals surface area contributed by atoms with E-state index in [-0.39, 0.29) is 29.4 Å². The number of sulfonamides is 1. The number of piperazine rings is 1. The fourth-order valence-electron chi connectivity index (χ4n) is 5.07. The Balaban J connectivity index is 1.44. The number of hydrogen-bond donors (Lipinski definition) is 2. The third kappa shape index (κ3) is 6.98. The monoisotopic (exact) mass is 611 g/mol. The zero-order valence-corrected chi connectivity index (χ0v) is 24.5. The molecule has 0 spiro atoms. The molecule has 3 aromatic carbocycles. The quantitative estimate of drug-likeness (QED) is 0.260. The number of aliphatic hydroxyl groups is 1. The molecule has 5 rings (SSSR count). The van der Waals surface area contributed by atoms with E-state index >= 15 is 0 Å². The van der Waals surface area contributed by atoms with Crippen LogP contribution in [0.25, 0.3) is 11.4 Å². The number of rotatable bonds is 8. The highest BCUT2D eigenvalue weighted by Crippen LogP contribution is 2.33. The summed E-state index contributed by atoms with van der Waals surface area (Å²) in [6.07, 6.45) is -4.77. The fraction of sp³-hybridized carbons (Fsp3) is 0.290. The number of alkyl halides is 3. The Morgan fingerprint density at radius 2 is 1.60 bits per heavy atom. The van der Waals surface area contributed by atoms with Crippen molar-refractivity contribution in [3.05, 3.63) is 101 Å². The summed E-state index contributed by atoms with van der Waals surface area (Å²) in [5, 5.41) is 12.3. The second kappa shape index (κ2) is 12.3. The van der Waals surface area contributed by atoms with Gasteiger partial charge in [0, 0.05) is 55.1 Å². The molecular formula is C31H32F3N5O3S. The molecule has 4 aromatic rings. The van der Waals surface area contributed by atoms with Crippen molar-refractivity contribution in [1.29, 1.82) is 0 Å². The maximum Gasteiger partial charge on any atom is 0.416 e. The molecule has 1 saturated heterocycles. The van der Waals surface area contributed by atoms with Gasteiger partial charge in [-0.25, -0.2) is 18.4 Å². The molecule has 2 N–H and O–H groups in total. The van der Waals surface area contributed by atoms with Gasteiger partial charge in [-0.2, -0.15) is 17.5 Å². The molecule has 43 heavy (non-hydrogen) atoms. The van der Waals surface area contributed by atoms with Crippen LogP contribution in [0.3, 0.4) is 0 Å². The van der Waals surface area contributed by atoms with Crippen LogP contribution in [-0.2, 0) is 22.6 Å². The van der Waals surface area contributed by atoms with Gasteiger partial charge in [-0.15, -0.1) is 0 Å². The van der Waals surface area contributed by atoms with Crippen LogP contribution in [0.1, 0.15) is 29.3 Å². The van der Waals surface area contributed by atoms with E-state index in [0.717, 1.165) is 23.3 Å². The Bertz CT molecular complexity index is 1670. The van der Waals surface area contributed by atoms with Crippen molar-refractivity contribution in [3.63, 3.8) is 0 Å². The number of hydrogen-bond acceptors (Lipinski definition) is 7. The highest BCUT2D eigenvalue weighted by Gasteiger charge is 2.32. The third-order valence-corrected chi connectivity index (χ3v) is 9.18. The minimum Gasteiger partial charge on any atom is -0.374 e. The van der Waals surface area contributed by atoms with Gasteiger partial charge in [-0.3, -0.25) is 0 Å². The van der Waals surface area contributed by atoms with Gasteiger partial charge in [-0.1, -0.05) is 42.5 Å². The number of aliphatic hydroxyl groups excluding tert-OH is 1. The van der Waals surface area contributed by atoms with E-state index in [4.69, 9.17) is 4.98 Å².